The summed E-state index contributed by atoms with van der Waals surface area (Å²) in [6, 6.07) is -0.546. The molecular formula is C11H17N3O3S. The molecule has 100 valence electrons. The maximum Gasteiger partial charge on any atom is 0.262 e. The Hall–Kier alpha value is -1.21. The van der Waals surface area contributed by atoms with Crippen LogP contribution in [0.25, 0.3) is 0 Å². The number of rotatable bonds is 4. The largest absolute Gasteiger partial charge is 0.336 e. The minimum Gasteiger partial charge on any atom is -0.336 e. The molecule has 0 aliphatic carbocycles. The number of aldehydes is 1. The minimum absolute atomic E-state index is 0.0260. The summed E-state index contributed by atoms with van der Waals surface area (Å²) in [5.74, 6) is 0. The number of aryl methyl sites for hydroxylation is 1. The van der Waals surface area contributed by atoms with Crippen molar-refractivity contribution in [2.45, 2.75) is 43.8 Å². The Morgan fingerprint density at radius 1 is 1.50 bits per heavy atom. The van der Waals surface area contributed by atoms with E-state index >= 15 is 0 Å². The summed E-state index contributed by atoms with van der Waals surface area (Å²) < 4.78 is 27.7. The van der Waals surface area contributed by atoms with Crippen LogP contribution in [0.3, 0.4) is 0 Å². The topological polar surface area (TPSA) is 72.3 Å². The number of piperidine rings is 1. The van der Waals surface area contributed by atoms with Crippen LogP contribution in [0.15, 0.2) is 17.6 Å². The van der Waals surface area contributed by atoms with Gasteiger partial charge in [0.15, 0.2) is 5.03 Å². The summed E-state index contributed by atoms with van der Waals surface area (Å²) >= 11 is 0. The first-order valence-corrected chi connectivity index (χ1v) is 7.52. The van der Waals surface area contributed by atoms with Gasteiger partial charge in [-0.15, -0.1) is 0 Å². The highest BCUT2D eigenvalue weighted by molar-refractivity contribution is 7.89. The van der Waals surface area contributed by atoms with E-state index in [2.05, 4.69) is 4.98 Å². The molecule has 1 saturated heterocycles. The van der Waals surface area contributed by atoms with E-state index in [1.54, 1.807) is 4.57 Å². The maximum atomic E-state index is 12.4. The van der Waals surface area contributed by atoms with Crippen LogP contribution in [0.2, 0.25) is 0 Å². The molecule has 0 bridgehead atoms. The molecule has 0 spiro atoms. The van der Waals surface area contributed by atoms with Crippen molar-refractivity contribution in [2.75, 3.05) is 6.54 Å². The fourth-order valence-electron chi connectivity index (χ4n) is 2.13. The van der Waals surface area contributed by atoms with Gasteiger partial charge in [-0.1, -0.05) is 6.42 Å². The van der Waals surface area contributed by atoms with Gasteiger partial charge in [-0.3, -0.25) is 0 Å². The third-order valence-corrected chi connectivity index (χ3v) is 5.01. The van der Waals surface area contributed by atoms with E-state index in [1.807, 2.05) is 6.92 Å². The molecule has 0 aromatic carbocycles. The zero-order valence-corrected chi connectivity index (χ0v) is 11.1. The molecule has 2 heterocycles. The smallest absolute Gasteiger partial charge is 0.262 e. The molecule has 1 fully saturated rings. The summed E-state index contributed by atoms with van der Waals surface area (Å²) in [5, 5.41) is 0.0260. The highest BCUT2D eigenvalue weighted by Gasteiger charge is 2.34. The van der Waals surface area contributed by atoms with Crippen molar-refractivity contribution >= 4 is 16.3 Å². The van der Waals surface area contributed by atoms with Gasteiger partial charge in [-0.05, 0) is 19.8 Å². The van der Waals surface area contributed by atoms with Gasteiger partial charge in [0, 0.05) is 19.3 Å². The quantitative estimate of drug-likeness (QED) is 0.754. The Labute approximate surface area is 107 Å². The monoisotopic (exact) mass is 271 g/mol. The van der Waals surface area contributed by atoms with Crippen LogP contribution in [0, 0.1) is 0 Å². The van der Waals surface area contributed by atoms with E-state index in [0.717, 1.165) is 12.8 Å². The number of nitrogens with zero attached hydrogens (tertiary/aromatic N) is 3. The van der Waals surface area contributed by atoms with E-state index in [-0.39, 0.29) is 5.03 Å². The first-order valence-electron chi connectivity index (χ1n) is 6.08. The third kappa shape index (κ3) is 2.32. The van der Waals surface area contributed by atoms with Gasteiger partial charge in [-0.25, -0.2) is 13.4 Å². The van der Waals surface area contributed by atoms with Gasteiger partial charge in [-0.2, -0.15) is 4.31 Å². The van der Waals surface area contributed by atoms with E-state index in [1.165, 1.54) is 16.8 Å². The summed E-state index contributed by atoms with van der Waals surface area (Å²) in [4.78, 5) is 14.9. The highest BCUT2D eigenvalue weighted by atomic mass is 32.2. The lowest BCUT2D eigenvalue weighted by Crippen LogP contribution is -2.44. The second-order valence-electron chi connectivity index (χ2n) is 4.36. The lowest BCUT2D eigenvalue weighted by Gasteiger charge is -2.30. The van der Waals surface area contributed by atoms with Gasteiger partial charge < -0.3 is 9.36 Å². The van der Waals surface area contributed by atoms with Gasteiger partial charge in [0.05, 0.1) is 12.4 Å². The van der Waals surface area contributed by atoms with E-state index in [4.69, 9.17) is 0 Å². The molecule has 1 aromatic rings. The van der Waals surface area contributed by atoms with Gasteiger partial charge in [0.1, 0.15) is 6.29 Å². The molecule has 1 atom stereocenters. The van der Waals surface area contributed by atoms with Crippen LogP contribution in [-0.2, 0) is 21.4 Å². The van der Waals surface area contributed by atoms with Gasteiger partial charge >= 0.3 is 0 Å². The van der Waals surface area contributed by atoms with Crippen molar-refractivity contribution in [1.82, 2.24) is 13.9 Å². The Kier molecular flexibility index (Phi) is 3.82. The lowest BCUT2D eigenvalue weighted by molar-refractivity contribution is -0.111. The predicted octanol–water partition coefficient (Wildman–Crippen LogP) is 0.645. The zero-order chi connectivity index (χ0) is 13.2. The number of hydrogen-bond acceptors (Lipinski definition) is 4. The van der Waals surface area contributed by atoms with Crippen molar-refractivity contribution in [3.05, 3.63) is 12.5 Å². The first kappa shape index (κ1) is 13.2. The van der Waals surface area contributed by atoms with Crippen molar-refractivity contribution < 1.29 is 13.2 Å². The lowest BCUT2D eigenvalue weighted by atomic mass is 10.1. The molecule has 0 N–H and O–H groups in total. The average molecular weight is 271 g/mol. The molecule has 18 heavy (non-hydrogen) atoms. The second kappa shape index (κ2) is 5.19. The average Bonchev–Trinajstić information content (AvgIpc) is 2.88. The summed E-state index contributed by atoms with van der Waals surface area (Å²) in [6.45, 7) is 2.97. The number of sulfonamides is 1. The highest BCUT2D eigenvalue weighted by Crippen LogP contribution is 2.23. The van der Waals surface area contributed by atoms with Crippen molar-refractivity contribution in [2.24, 2.45) is 0 Å². The van der Waals surface area contributed by atoms with Gasteiger partial charge in [0.25, 0.3) is 10.0 Å². The molecular weight excluding hydrogens is 254 g/mol. The summed E-state index contributed by atoms with van der Waals surface area (Å²) in [5.41, 5.74) is 0. The second-order valence-corrected chi connectivity index (χ2v) is 6.19. The minimum atomic E-state index is -3.64. The Morgan fingerprint density at radius 3 is 2.89 bits per heavy atom. The van der Waals surface area contributed by atoms with Crippen LogP contribution in [-0.4, -0.2) is 41.1 Å². The molecule has 0 amide bonds. The van der Waals surface area contributed by atoms with Crippen LogP contribution >= 0.6 is 0 Å². The molecule has 1 unspecified atom stereocenters. The number of imidazole rings is 1. The number of aromatic nitrogens is 2. The van der Waals surface area contributed by atoms with Crippen LogP contribution in [0.5, 0.6) is 0 Å². The molecule has 0 radical (unpaired) electrons. The molecule has 1 aliphatic heterocycles. The van der Waals surface area contributed by atoms with E-state index in [0.29, 0.717) is 25.8 Å². The fraction of sp³-hybridized carbons (Fsp3) is 0.636. The summed E-state index contributed by atoms with van der Waals surface area (Å²) in [6.07, 6.45) is 5.99. The first-order chi connectivity index (χ1) is 8.59. The molecule has 6 nitrogen and oxygen atoms in total. The normalized spacial score (nSPS) is 21.9. The zero-order valence-electron chi connectivity index (χ0n) is 10.3. The van der Waals surface area contributed by atoms with Crippen molar-refractivity contribution in [3.8, 4) is 0 Å². The number of hydrogen-bond donors (Lipinski definition) is 0. The Balaban J connectivity index is 2.31. The molecule has 2 rings (SSSR count). The van der Waals surface area contributed by atoms with Crippen molar-refractivity contribution in [3.63, 3.8) is 0 Å². The fourth-order valence-corrected chi connectivity index (χ4v) is 3.70. The summed E-state index contributed by atoms with van der Waals surface area (Å²) in [7, 11) is -3.64. The standard InChI is InChI=1S/C11H17N3O3S/c1-2-13-7-11(12-9-13)18(16,17)14-6-4-3-5-10(14)8-15/h7-10H,2-6H2,1H3. The Bertz CT molecular complexity index is 523. The van der Waals surface area contributed by atoms with Crippen LogP contribution in [0.4, 0.5) is 0 Å². The third-order valence-electron chi connectivity index (χ3n) is 3.20. The Morgan fingerprint density at radius 2 is 2.28 bits per heavy atom. The van der Waals surface area contributed by atoms with Crippen molar-refractivity contribution in [1.29, 1.82) is 0 Å². The molecule has 1 aliphatic rings. The number of carbonyl (C=O) groups is 1. The van der Waals surface area contributed by atoms with Crippen LogP contribution in [0.1, 0.15) is 26.2 Å². The van der Waals surface area contributed by atoms with Crippen LogP contribution < -0.4 is 0 Å². The maximum absolute atomic E-state index is 12.4. The predicted molar refractivity (Wildman–Crippen MR) is 65.5 cm³/mol. The van der Waals surface area contributed by atoms with Gasteiger partial charge in [0.2, 0.25) is 0 Å². The molecule has 1 aromatic heterocycles. The SMILES string of the molecule is CCn1cnc(S(=O)(=O)N2CCCCC2C=O)c1. The molecule has 0 saturated carbocycles. The van der Waals surface area contributed by atoms with E-state index < -0.39 is 16.1 Å². The molecule has 7 heteroatoms. The van der Waals surface area contributed by atoms with E-state index in [9.17, 15) is 13.2 Å². The number of carbonyl (C=O) groups excluding carboxylic acids is 1.